The highest BCUT2D eigenvalue weighted by molar-refractivity contribution is 6.32. The minimum absolute atomic E-state index is 0.206. The molecule has 1 saturated heterocycles. The van der Waals surface area contributed by atoms with Crippen LogP contribution < -0.4 is 4.90 Å². The van der Waals surface area contributed by atoms with Crippen LogP contribution in [0.1, 0.15) is 70.3 Å². The number of carbonyl (C=O) groups is 1. The van der Waals surface area contributed by atoms with Gasteiger partial charge in [0, 0.05) is 36.8 Å². The van der Waals surface area contributed by atoms with Gasteiger partial charge in [-0.3, -0.25) is 4.79 Å². The van der Waals surface area contributed by atoms with E-state index in [1.807, 2.05) is 19.1 Å². The van der Waals surface area contributed by atoms with Crippen molar-refractivity contribution < 1.29 is 4.79 Å². The van der Waals surface area contributed by atoms with Crippen molar-refractivity contribution in [2.75, 3.05) is 24.5 Å². The van der Waals surface area contributed by atoms with Crippen LogP contribution in [-0.4, -0.2) is 36.5 Å². The van der Waals surface area contributed by atoms with Crippen molar-refractivity contribution in [1.29, 1.82) is 0 Å². The van der Waals surface area contributed by atoms with Crippen molar-refractivity contribution in [3.05, 3.63) is 35.9 Å². The smallest absolute Gasteiger partial charge is 0.258 e. The number of anilines is 1. The van der Waals surface area contributed by atoms with Gasteiger partial charge >= 0.3 is 0 Å². The van der Waals surface area contributed by atoms with Gasteiger partial charge in [0.1, 0.15) is 0 Å². The van der Waals surface area contributed by atoms with E-state index in [2.05, 4.69) is 28.0 Å². The predicted molar refractivity (Wildman–Crippen MR) is 113 cm³/mol. The monoisotopic (exact) mass is 366 g/mol. The molecular weight excluding hydrogens is 332 g/mol. The summed E-state index contributed by atoms with van der Waals surface area (Å²) in [4.78, 5) is 17.8. The Labute approximate surface area is 164 Å². The Morgan fingerprint density at radius 3 is 2.33 bits per heavy atom. The lowest BCUT2D eigenvalue weighted by Gasteiger charge is -2.38. The van der Waals surface area contributed by atoms with Crippen LogP contribution in [0.3, 0.4) is 0 Å². The van der Waals surface area contributed by atoms with Crippen LogP contribution in [0.5, 0.6) is 0 Å². The van der Waals surface area contributed by atoms with Gasteiger partial charge in [-0.15, -0.1) is 0 Å². The predicted octanol–water partition coefficient (Wildman–Crippen LogP) is 5.26. The van der Waals surface area contributed by atoms with Gasteiger partial charge in [-0.05, 0) is 44.6 Å². The molecule has 27 heavy (non-hydrogen) atoms. The zero-order chi connectivity index (χ0) is 18.6. The summed E-state index contributed by atoms with van der Waals surface area (Å²) >= 11 is 0. The molecule has 3 heteroatoms. The maximum Gasteiger partial charge on any atom is 0.258 e. The topological polar surface area (TPSA) is 23.6 Å². The molecule has 1 aromatic carbocycles. The fourth-order valence-electron chi connectivity index (χ4n) is 5.36. The van der Waals surface area contributed by atoms with Crippen molar-refractivity contribution >= 4 is 17.2 Å². The van der Waals surface area contributed by atoms with Gasteiger partial charge in [-0.2, -0.15) is 0 Å². The first-order chi connectivity index (χ1) is 13.3. The Bertz CT molecular complexity index is 679. The van der Waals surface area contributed by atoms with Crippen molar-refractivity contribution in [1.82, 2.24) is 4.90 Å². The van der Waals surface area contributed by atoms with Gasteiger partial charge in [-0.1, -0.05) is 56.4 Å². The van der Waals surface area contributed by atoms with Crippen molar-refractivity contribution in [3.63, 3.8) is 0 Å². The molecule has 3 nitrogen and oxygen atoms in total. The van der Waals surface area contributed by atoms with E-state index in [1.54, 1.807) is 0 Å². The Morgan fingerprint density at radius 1 is 0.963 bits per heavy atom. The molecule has 1 aliphatic carbocycles. The molecule has 0 aromatic heterocycles. The quantitative estimate of drug-likeness (QED) is 0.681. The van der Waals surface area contributed by atoms with E-state index < -0.39 is 0 Å². The molecule has 0 radical (unpaired) electrons. The highest BCUT2D eigenvalue weighted by Gasteiger charge is 2.37. The first-order valence-electron chi connectivity index (χ1n) is 11.1. The molecule has 1 aromatic rings. The van der Waals surface area contributed by atoms with E-state index in [4.69, 9.17) is 0 Å². The molecule has 146 valence electrons. The maximum atomic E-state index is 13.0. The number of hydrogen-bond acceptors (Lipinski definition) is 2. The Morgan fingerprint density at radius 2 is 1.63 bits per heavy atom. The van der Waals surface area contributed by atoms with Crippen LogP contribution in [0.2, 0.25) is 0 Å². The summed E-state index contributed by atoms with van der Waals surface area (Å²) in [5.74, 6) is 1.10. The van der Waals surface area contributed by atoms with Crippen molar-refractivity contribution in [2.45, 2.75) is 70.8 Å². The Kier molecular flexibility index (Phi) is 5.97. The first-order valence-corrected chi connectivity index (χ1v) is 11.1. The second kappa shape index (κ2) is 8.60. The summed E-state index contributed by atoms with van der Waals surface area (Å²) in [6, 6.07) is 8.65. The minimum atomic E-state index is 0.206. The molecule has 1 amide bonds. The summed E-state index contributed by atoms with van der Waals surface area (Å²) in [6.07, 6.45) is 14.2. The molecule has 1 saturated carbocycles. The van der Waals surface area contributed by atoms with Crippen molar-refractivity contribution in [2.24, 2.45) is 5.92 Å². The number of nitrogens with zero attached hydrogens (tertiary/aromatic N) is 2. The minimum Gasteiger partial charge on any atom is -0.305 e. The summed E-state index contributed by atoms with van der Waals surface area (Å²) in [7, 11) is 0. The number of likely N-dealkylation sites (tertiary alicyclic amines) is 1. The second-order valence-electron chi connectivity index (χ2n) is 8.64. The molecule has 2 heterocycles. The maximum absolute atomic E-state index is 13.0. The van der Waals surface area contributed by atoms with Gasteiger partial charge in [0.2, 0.25) is 0 Å². The van der Waals surface area contributed by atoms with Crippen LogP contribution >= 0.6 is 0 Å². The lowest BCUT2D eigenvalue weighted by atomic mass is 9.90. The third-order valence-electron chi connectivity index (χ3n) is 6.86. The van der Waals surface area contributed by atoms with Gasteiger partial charge in [0.25, 0.3) is 5.91 Å². The van der Waals surface area contributed by atoms with E-state index in [0.29, 0.717) is 6.04 Å². The van der Waals surface area contributed by atoms with Gasteiger partial charge in [0.05, 0.1) is 5.69 Å². The second-order valence-corrected chi connectivity index (χ2v) is 8.64. The number of piperidine rings is 1. The number of allylic oxidation sites excluding steroid dienone is 1. The zero-order valence-electron chi connectivity index (χ0n) is 16.8. The lowest BCUT2D eigenvalue weighted by molar-refractivity contribution is -0.113. The lowest BCUT2D eigenvalue weighted by Crippen LogP contribution is -2.47. The third-order valence-corrected chi connectivity index (χ3v) is 6.86. The van der Waals surface area contributed by atoms with E-state index in [1.165, 1.54) is 51.5 Å². The van der Waals surface area contributed by atoms with Crippen molar-refractivity contribution in [3.8, 4) is 0 Å². The fraction of sp³-hybridized carbons (Fsp3) is 0.625. The molecule has 4 rings (SSSR count). The van der Waals surface area contributed by atoms with Crippen LogP contribution in [-0.2, 0) is 4.79 Å². The molecular formula is C24H34N2O. The Hall–Kier alpha value is -1.61. The zero-order valence-corrected chi connectivity index (χ0v) is 16.8. The van der Waals surface area contributed by atoms with E-state index >= 15 is 0 Å². The molecule has 0 atom stereocenters. The highest BCUT2D eigenvalue weighted by Crippen LogP contribution is 2.39. The van der Waals surface area contributed by atoms with E-state index in [0.717, 1.165) is 48.7 Å². The highest BCUT2D eigenvalue weighted by atomic mass is 16.2. The number of amides is 1. The summed E-state index contributed by atoms with van der Waals surface area (Å²) < 4.78 is 0. The number of fused-ring (bicyclic) bond motifs is 1. The number of rotatable bonds is 3. The van der Waals surface area contributed by atoms with Crippen LogP contribution in [0.25, 0.3) is 5.57 Å². The molecule has 2 aliphatic heterocycles. The molecule has 0 N–H and O–H groups in total. The number of benzene rings is 1. The average molecular weight is 367 g/mol. The fourth-order valence-corrected chi connectivity index (χ4v) is 5.36. The number of para-hydroxylation sites is 1. The van der Waals surface area contributed by atoms with Gasteiger partial charge in [-0.25, -0.2) is 0 Å². The van der Waals surface area contributed by atoms with Gasteiger partial charge in [0.15, 0.2) is 0 Å². The average Bonchev–Trinajstić information content (AvgIpc) is 2.95. The molecule has 2 fully saturated rings. The largest absolute Gasteiger partial charge is 0.305 e. The first kappa shape index (κ1) is 18.7. The normalized spacial score (nSPS) is 24.9. The molecule has 0 spiro atoms. The molecule has 0 bridgehead atoms. The third kappa shape index (κ3) is 3.99. The molecule has 3 aliphatic rings. The molecule has 0 unspecified atom stereocenters. The summed E-state index contributed by atoms with van der Waals surface area (Å²) in [6.45, 7) is 5.53. The standard InChI is InChI=1S/C24H34N2O/c1-2-21-22-12-8-9-13-23(22)26(24(21)27)20-14-16-25(17-15-20)18-19-10-6-4-3-5-7-11-19/h2,8-9,12-13,19-20H,3-7,10-11,14-18H2,1H3/b21-2-. The van der Waals surface area contributed by atoms with E-state index in [-0.39, 0.29) is 5.91 Å². The summed E-state index contributed by atoms with van der Waals surface area (Å²) in [5.41, 5.74) is 3.11. The van der Waals surface area contributed by atoms with Gasteiger partial charge < -0.3 is 9.80 Å². The van der Waals surface area contributed by atoms with E-state index in [9.17, 15) is 4.79 Å². The van der Waals surface area contributed by atoms with Crippen LogP contribution in [0.15, 0.2) is 30.3 Å². The number of carbonyl (C=O) groups excluding carboxylic acids is 1. The van der Waals surface area contributed by atoms with Crippen LogP contribution in [0.4, 0.5) is 5.69 Å². The Balaban J connectivity index is 1.37. The SMILES string of the molecule is C/C=C1\C(=O)N(C2CCN(CC3CCCCCCC3)CC2)c2ccccc21. The van der Waals surface area contributed by atoms with Crippen LogP contribution in [0, 0.1) is 5.92 Å². The summed E-state index contributed by atoms with van der Waals surface area (Å²) in [5, 5.41) is 0. The number of hydrogen-bond donors (Lipinski definition) is 0.